The first-order chi connectivity index (χ1) is 13.6. The molecule has 148 valence electrons. The van der Waals surface area contributed by atoms with Crippen molar-refractivity contribution in [3.63, 3.8) is 0 Å². The van der Waals surface area contributed by atoms with Crippen molar-refractivity contribution in [3.05, 3.63) is 71.8 Å². The van der Waals surface area contributed by atoms with Crippen molar-refractivity contribution in [1.29, 1.82) is 0 Å². The Balaban J connectivity index is 1.25. The second-order valence-corrected chi connectivity index (χ2v) is 7.43. The molecule has 1 aliphatic carbocycles. The van der Waals surface area contributed by atoms with Crippen molar-refractivity contribution in [2.45, 2.75) is 30.8 Å². The predicted octanol–water partition coefficient (Wildman–Crippen LogP) is 3.47. The first-order valence-electron chi connectivity index (χ1n) is 9.70. The maximum Gasteiger partial charge on any atom is 0.410 e. The predicted molar refractivity (Wildman–Crippen MR) is 104 cm³/mol. The normalized spacial score (nSPS) is 26.7. The minimum atomic E-state index is -1.89. The van der Waals surface area contributed by atoms with E-state index in [-0.39, 0.29) is 32.3 Å². The van der Waals surface area contributed by atoms with Gasteiger partial charge in [-0.2, -0.15) is 0 Å². The number of nitrogens with one attached hydrogen (secondary N) is 1. The number of carbonyl (C=O) groups is 1. The largest absolute Gasteiger partial charge is 0.445 e. The highest BCUT2D eigenvalue weighted by molar-refractivity contribution is 5.67. The number of benzene rings is 2. The fraction of sp³-hybridized carbons (Fsp3) is 0.409. The molecule has 3 atom stereocenters. The van der Waals surface area contributed by atoms with Crippen molar-refractivity contribution < 1.29 is 18.7 Å². The molecule has 3 unspecified atom stereocenters. The third kappa shape index (κ3) is 4.69. The van der Waals surface area contributed by atoms with Gasteiger partial charge in [0.2, 0.25) is 5.85 Å². The third-order valence-electron chi connectivity index (χ3n) is 5.26. The van der Waals surface area contributed by atoms with E-state index >= 15 is 4.39 Å². The van der Waals surface area contributed by atoms with E-state index in [4.69, 9.17) is 9.47 Å². The molecular weight excluding hydrogens is 359 g/mol. The van der Waals surface area contributed by atoms with E-state index in [9.17, 15) is 4.79 Å². The molecule has 5 nitrogen and oxygen atoms in total. The van der Waals surface area contributed by atoms with E-state index in [1.54, 1.807) is 0 Å². The Kier molecular flexibility index (Phi) is 5.59. The number of alkyl halides is 1. The zero-order valence-electron chi connectivity index (χ0n) is 15.7. The molecule has 2 aromatic rings. The average Bonchev–Trinajstić information content (AvgIpc) is 3.52. The van der Waals surface area contributed by atoms with Crippen LogP contribution in [0, 0.1) is 0 Å². The van der Waals surface area contributed by atoms with E-state index < -0.39 is 11.9 Å². The zero-order valence-corrected chi connectivity index (χ0v) is 15.7. The van der Waals surface area contributed by atoms with Gasteiger partial charge in [-0.05, 0) is 17.5 Å². The number of nitrogens with zero attached hydrogens (tertiary/aromatic N) is 1. The molecule has 6 heteroatoms. The molecule has 0 bridgehead atoms. The zero-order chi connectivity index (χ0) is 19.4. The Morgan fingerprint density at radius 2 is 1.89 bits per heavy atom. The Morgan fingerprint density at radius 1 is 1.18 bits per heavy atom. The summed E-state index contributed by atoms with van der Waals surface area (Å²) in [6.07, 6.45) is 0.478. The summed E-state index contributed by atoms with van der Waals surface area (Å²) in [6, 6.07) is 19.9. The maximum atomic E-state index is 15.1. The van der Waals surface area contributed by atoms with Crippen molar-refractivity contribution in [1.82, 2.24) is 10.2 Å². The van der Waals surface area contributed by atoms with Gasteiger partial charge in [-0.3, -0.25) is 0 Å². The van der Waals surface area contributed by atoms with Crippen molar-refractivity contribution in [2.75, 3.05) is 26.2 Å². The van der Waals surface area contributed by atoms with Crippen LogP contribution in [0.15, 0.2) is 60.7 Å². The molecule has 2 aliphatic rings. The first kappa shape index (κ1) is 18.9. The molecule has 2 aromatic carbocycles. The summed E-state index contributed by atoms with van der Waals surface area (Å²) < 4.78 is 25.8. The summed E-state index contributed by atoms with van der Waals surface area (Å²) >= 11 is 0. The molecule has 1 heterocycles. The Hall–Kier alpha value is -2.44. The Labute approximate surface area is 164 Å². The summed E-state index contributed by atoms with van der Waals surface area (Å²) in [5.74, 6) is -1.48. The molecular formula is C22H25FN2O3. The highest BCUT2D eigenvalue weighted by Crippen LogP contribution is 2.40. The van der Waals surface area contributed by atoms with Gasteiger partial charge in [0.1, 0.15) is 6.61 Å². The van der Waals surface area contributed by atoms with Gasteiger partial charge < -0.3 is 19.7 Å². The quantitative estimate of drug-likeness (QED) is 0.829. The molecule has 1 aliphatic heterocycles. The van der Waals surface area contributed by atoms with Crippen LogP contribution in [0.5, 0.6) is 0 Å². The summed E-state index contributed by atoms with van der Waals surface area (Å²) in [5, 5.41) is 3.25. The number of hydrogen-bond acceptors (Lipinski definition) is 4. The van der Waals surface area contributed by atoms with Gasteiger partial charge in [0.05, 0.1) is 19.7 Å². The molecule has 0 aromatic heterocycles. The minimum Gasteiger partial charge on any atom is -0.445 e. The second kappa shape index (κ2) is 8.29. The van der Waals surface area contributed by atoms with Gasteiger partial charge in [-0.25, -0.2) is 9.18 Å². The fourth-order valence-electron chi connectivity index (χ4n) is 3.59. The fourth-order valence-corrected chi connectivity index (χ4v) is 3.59. The van der Waals surface area contributed by atoms with Gasteiger partial charge in [0, 0.05) is 18.5 Å². The van der Waals surface area contributed by atoms with E-state index in [2.05, 4.69) is 17.4 Å². The van der Waals surface area contributed by atoms with E-state index in [1.165, 1.54) is 10.5 Å². The second-order valence-electron chi connectivity index (χ2n) is 7.43. The van der Waals surface area contributed by atoms with Crippen molar-refractivity contribution in [2.24, 2.45) is 0 Å². The summed E-state index contributed by atoms with van der Waals surface area (Å²) in [4.78, 5) is 13.7. The molecule has 1 N–H and O–H groups in total. The van der Waals surface area contributed by atoms with Gasteiger partial charge in [0.15, 0.2) is 0 Å². The molecule has 0 spiro atoms. The van der Waals surface area contributed by atoms with Crippen LogP contribution in [0.25, 0.3) is 0 Å². The Morgan fingerprint density at radius 3 is 2.64 bits per heavy atom. The number of ether oxygens (including phenoxy) is 2. The maximum absolute atomic E-state index is 15.1. The standard InChI is InChI=1S/C22H25FN2O3/c23-22(15-24-20-13-19(20)18-9-5-2-6-10-18)16-25(11-12-28-22)21(26)27-14-17-7-3-1-4-8-17/h1-10,19-20,24H,11-16H2. The number of morpholine rings is 1. The lowest BCUT2D eigenvalue weighted by atomic mass is 10.1. The van der Waals surface area contributed by atoms with E-state index in [0.29, 0.717) is 12.5 Å². The lowest BCUT2D eigenvalue weighted by Gasteiger charge is -2.36. The minimum absolute atomic E-state index is 0.0590. The molecule has 2 fully saturated rings. The van der Waals surface area contributed by atoms with Gasteiger partial charge in [-0.1, -0.05) is 60.7 Å². The number of amides is 1. The van der Waals surface area contributed by atoms with Gasteiger partial charge in [0.25, 0.3) is 0 Å². The summed E-state index contributed by atoms with van der Waals surface area (Å²) in [5.41, 5.74) is 2.17. The molecule has 1 saturated carbocycles. The van der Waals surface area contributed by atoms with E-state index in [1.807, 2.05) is 48.5 Å². The Bertz CT molecular complexity index is 789. The monoisotopic (exact) mass is 384 g/mol. The van der Waals surface area contributed by atoms with Crippen LogP contribution >= 0.6 is 0 Å². The van der Waals surface area contributed by atoms with Crippen LogP contribution in [0.1, 0.15) is 23.5 Å². The molecule has 1 amide bonds. The van der Waals surface area contributed by atoms with Crippen LogP contribution in [-0.4, -0.2) is 49.1 Å². The highest BCUT2D eigenvalue weighted by Gasteiger charge is 2.43. The molecule has 28 heavy (non-hydrogen) atoms. The molecule has 4 rings (SSSR count). The SMILES string of the molecule is O=C(OCc1ccccc1)N1CCOC(F)(CNC2CC2c2ccccc2)C1. The molecule has 0 radical (unpaired) electrons. The van der Waals surface area contributed by atoms with E-state index in [0.717, 1.165) is 12.0 Å². The lowest BCUT2D eigenvalue weighted by molar-refractivity contribution is -0.181. The van der Waals surface area contributed by atoms with Crippen LogP contribution in [0.4, 0.5) is 9.18 Å². The molecule has 1 saturated heterocycles. The van der Waals surface area contributed by atoms with Crippen LogP contribution in [0.2, 0.25) is 0 Å². The smallest absolute Gasteiger partial charge is 0.410 e. The van der Waals surface area contributed by atoms with Gasteiger partial charge in [-0.15, -0.1) is 0 Å². The topological polar surface area (TPSA) is 50.8 Å². The van der Waals surface area contributed by atoms with Gasteiger partial charge >= 0.3 is 6.09 Å². The number of halogens is 1. The number of rotatable bonds is 6. The van der Waals surface area contributed by atoms with Crippen LogP contribution in [-0.2, 0) is 16.1 Å². The number of hydrogen-bond donors (Lipinski definition) is 1. The summed E-state index contributed by atoms with van der Waals surface area (Å²) in [6.45, 7) is 0.593. The summed E-state index contributed by atoms with van der Waals surface area (Å²) in [7, 11) is 0. The highest BCUT2D eigenvalue weighted by atomic mass is 19.2. The lowest BCUT2D eigenvalue weighted by Crippen LogP contribution is -2.55. The third-order valence-corrected chi connectivity index (χ3v) is 5.26. The van der Waals surface area contributed by atoms with Crippen LogP contribution in [0.3, 0.4) is 0 Å². The average molecular weight is 384 g/mol. The number of carbonyl (C=O) groups excluding carboxylic acids is 1. The van der Waals surface area contributed by atoms with Crippen molar-refractivity contribution in [3.8, 4) is 0 Å². The van der Waals surface area contributed by atoms with Crippen LogP contribution < -0.4 is 5.32 Å². The van der Waals surface area contributed by atoms with Crippen molar-refractivity contribution >= 4 is 6.09 Å². The first-order valence-corrected chi connectivity index (χ1v) is 9.70.